The van der Waals surface area contributed by atoms with Gasteiger partial charge >= 0.3 is 0 Å². The molecule has 18 heavy (non-hydrogen) atoms. The second-order valence-corrected chi connectivity index (χ2v) is 5.64. The molecule has 1 heterocycles. The zero-order valence-electron chi connectivity index (χ0n) is 10.3. The molecule has 0 fully saturated rings. The lowest BCUT2D eigenvalue weighted by Crippen LogP contribution is -2.32. The van der Waals surface area contributed by atoms with Gasteiger partial charge in [-0.15, -0.1) is 6.42 Å². The summed E-state index contributed by atoms with van der Waals surface area (Å²) in [6.07, 6.45) is 8.53. The lowest BCUT2D eigenvalue weighted by Gasteiger charge is -2.17. The van der Waals surface area contributed by atoms with Gasteiger partial charge in [0, 0.05) is 12.7 Å². The largest absolute Gasteiger partial charge is 0.394 e. The molecule has 0 saturated heterocycles. The van der Waals surface area contributed by atoms with Gasteiger partial charge in [0.05, 0.1) is 25.9 Å². The number of rotatable bonds is 7. The Balaban J connectivity index is 2.98. The van der Waals surface area contributed by atoms with Gasteiger partial charge in [-0.3, -0.25) is 4.68 Å². The van der Waals surface area contributed by atoms with Crippen molar-refractivity contribution in [1.29, 1.82) is 0 Å². The number of nitrogens with zero attached hydrogens (tertiary/aromatic N) is 3. The van der Waals surface area contributed by atoms with E-state index in [1.807, 2.05) is 6.92 Å². The number of hydrogen-bond acceptors (Lipinski definition) is 4. The van der Waals surface area contributed by atoms with Gasteiger partial charge < -0.3 is 5.11 Å². The third-order valence-corrected chi connectivity index (χ3v) is 4.12. The van der Waals surface area contributed by atoms with E-state index in [-0.39, 0.29) is 24.6 Å². The molecule has 0 saturated carbocycles. The summed E-state index contributed by atoms with van der Waals surface area (Å²) >= 11 is 0. The highest BCUT2D eigenvalue weighted by molar-refractivity contribution is 7.89. The lowest BCUT2D eigenvalue weighted by molar-refractivity contribution is 0.269. The maximum atomic E-state index is 12.2. The summed E-state index contributed by atoms with van der Waals surface area (Å²) in [6, 6.07) is 0. The van der Waals surface area contributed by atoms with Crippen LogP contribution in [0.5, 0.6) is 0 Å². The minimum atomic E-state index is -3.60. The van der Waals surface area contributed by atoms with Crippen molar-refractivity contribution in [2.75, 3.05) is 19.7 Å². The van der Waals surface area contributed by atoms with Crippen LogP contribution >= 0.6 is 0 Å². The maximum Gasteiger partial charge on any atom is 0.247 e. The first-order valence-electron chi connectivity index (χ1n) is 5.63. The Labute approximate surface area is 107 Å². The molecule has 0 atom stereocenters. The molecule has 0 unspecified atom stereocenters. The van der Waals surface area contributed by atoms with E-state index >= 15 is 0 Å². The van der Waals surface area contributed by atoms with Crippen molar-refractivity contribution in [1.82, 2.24) is 14.1 Å². The first-order valence-corrected chi connectivity index (χ1v) is 7.07. The Hall–Kier alpha value is -1.36. The SMILES string of the molecule is C#CCN(CCC)S(=O)(=O)c1cnn(CCO)c1. The summed E-state index contributed by atoms with van der Waals surface area (Å²) in [5, 5.41) is 12.6. The van der Waals surface area contributed by atoms with E-state index in [9.17, 15) is 8.42 Å². The predicted molar refractivity (Wildman–Crippen MR) is 67.2 cm³/mol. The summed E-state index contributed by atoms with van der Waals surface area (Å²) in [6.45, 7) is 2.47. The molecule has 100 valence electrons. The molecule has 1 rings (SSSR count). The van der Waals surface area contributed by atoms with Crippen molar-refractivity contribution in [3.05, 3.63) is 12.4 Å². The summed E-state index contributed by atoms with van der Waals surface area (Å²) in [5.74, 6) is 2.34. The van der Waals surface area contributed by atoms with Gasteiger partial charge in [-0.25, -0.2) is 8.42 Å². The van der Waals surface area contributed by atoms with Crippen LogP contribution in [0.1, 0.15) is 13.3 Å². The zero-order valence-corrected chi connectivity index (χ0v) is 11.1. The number of aliphatic hydroxyl groups excluding tert-OH is 1. The fourth-order valence-corrected chi connectivity index (χ4v) is 2.89. The number of aliphatic hydroxyl groups is 1. The minimum absolute atomic E-state index is 0.0430. The van der Waals surface area contributed by atoms with E-state index in [1.165, 1.54) is 21.4 Å². The number of sulfonamides is 1. The van der Waals surface area contributed by atoms with E-state index in [1.54, 1.807) is 0 Å². The molecule has 0 amide bonds. The molecule has 1 aromatic rings. The van der Waals surface area contributed by atoms with E-state index in [4.69, 9.17) is 11.5 Å². The van der Waals surface area contributed by atoms with Crippen molar-refractivity contribution in [3.8, 4) is 12.3 Å². The highest BCUT2D eigenvalue weighted by Crippen LogP contribution is 2.14. The monoisotopic (exact) mass is 271 g/mol. The summed E-state index contributed by atoms with van der Waals surface area (Å²) in [4.78, 5) is 0.0969. The standard InChI is InChI=1S/C11H17N3O3S/c1-3-5-14(6-4-2)18(16,17)11-9-12-13(10-11)7-8-15/h1,9-10,15H,4-8H2,2H3. The number of aromatic nitrogens is 2. The van der Waals surface area contributed by atoms with Crippen molar-refractivity contribution in [2.45, 2.75) is 24.8 Å². The molecular formula is C11H17N3O3S. The van der Waals surface area contributed by atoms with Gasteiger partial charge in [-0.2, -0.15) is 9.40 Å². The molecule has 0 radical (unpaired) electrons. The highest BCUT2D eigenvalue weighted by Gasteiger charge is 2.24. The molecule has 0 aliphatic carbocycles. The van der Waals surface area contributed by atoms with Crippen molar-refractivity contribution < 1.29 is 13.5 Å². The summed E-state index contributed by atoms with van der Waals surface area (Å²) in [5.41, 5.74) is 0. The summed E-state index contributed by atoms with van der Waals surface area (Å²) < 4.78 is 27.1. The smallest absolute Gasteiger partial charge is 0.247 e. The fourth-order valence-electron chi connectivity index (χ4n) is 1.49. The Bertz CT molecular complexity index is 516. The predicted octanol–water partition coefficient (Wildman–Crippen LogP) is -0.0907. The third kappa shape index (κ3) is 3.32. The van der Waals surface area contributed by atoms with Crippen LogP contribution in [-0.4, -0.2) is 47.3 Å². The number of terminal acetylenes is 1. The fraction of sp³-hybridized carbons (Fsp3) is 0.545. The zero-order chi connectivity index (χ0) is 13.6. The topological polar surface area (TPSA) is 75.4 Å². The molecular weight excluding hydrogens is 254 g/mol. The Morgan fingerprint density at radius 2 is 2.33 bits per heavy atom. The van der Waals surface area contributed by atoms with Crippen LogP contribution in [0.15, 0.2) is 17.3 Å². The molecule has 7 heteroatoms. The second kappa shape index (κ2) is 6.54. The van der Waals surface area contributed by atoms with Crippen molar-refractivity contribution in [2.24, 2.45) is 0 Å². The van der Waals surface area contributed by atoms with Gasteiger partial charge in [0.2, 0.25) is 10.0 Å². The molecule has 1 aromatic heterocycles. The first kappa shape index (κ1) is 14.7. The van der Waals surface area contributed by atoms with Crippen LogP contribution in [0.2, 0.25) is 0 Å². The molecule has 0 aliphatic heterocycles. The van der Waals surface area contributed by atoms with Gasteiger partial charge in [0.25, 0.3) is 0 Å². The third-order valence-electron chi connectivity index (χ3n) is 2.32. The molecule has 1 N–H and O–H groups in total. The van der Waals surface area contributed by atoms with Crippen LogP contribution in [0, 0.1) is 12.3 Å². The van der Waals surface area contributed by atoms with Gasteiger partial charge in [-0.1, -0.05) is 12.8 Å². The van der Waals surface area contributed by atoms with E-state index in [0.29, 0.717) is 13.0 Å². The number of hydrogen-bond donors (Lipinski definition) is 1. The highest BCUT2D eigenvalue weighted by atomic mass is 32.2. The Morgan fingerprint density at radius 1 is 1.61 bits per heavy atom. The van der Waals surface area contributed by atoms with Crippen molar-refractivity contribution in [3.63, 3.8) is 0 Å². The van der Waals surface area contributed by atoms with Crippen LogP contribution in [0.3, 0.4) is 0 Å². The maximum absolute atomic E-state index is 12.2. The van der Waals surface area contributed by atoms with Crippen LogP contribution in [0.4, 0.5) is 0 Å². The van der Waals surface area contributed by atoms with Gasteiger partial charge in [0.15, 0.2) is 0 Å². The van der Waals surface area contributed by atoms with E-state index < -0.39 is 10.0 Å². The van der Waals surface area contributed by atoms with E-state index in [0.717, 1.165) is 0 Å². The van der Waals surface area contributed by atoms with Gasteiger partial charge in [-0.05, 0) is 6.42 Å². The van der Waals surface area contributed by atoms with Crippen LogP contribution < -0.4 is 0 Å². The Morgan fingerprint density at radius 3 is 2.89 bits per heavy atom. The first-order chi connectivity index (χ1) is 8.56. The molecule has 0 aliphatic rings. The second-order valence-electron chi connectivity index (χ2n) is 3.71. The van der Waals surface area contributed by atoms with E-state index in [2.05, 4.69) is 11.0 Å². The lowest BCUT2D eigenvalue weighted by atomic mass is 10.5. The Kier molecular flexibility index (Phi) is 5.34. The molecule has 0 bridgehead atoms. The normalized spacial score (nSPS) is 11.7. The van der Waals surface area contributed by atoms with Crippen LogP contribution in [0.25, 0.3) is 0 Å². The molecule has 0 aromatic carbocycles. The van der Waals surface area contributed by atoms with Crippen LogP contribution in [-0.2, 0) is 16.6 Å². The summed E-state index contributed by atoms with van der Waals surface area (Å²) in [7, 11) is -3.60. The molecule has 6 nitrogen and oxygen atoms in total. The van der Waals surface area contributed by atoms with Crippen molar-refractivity contribution >= 4 is 10.0 Å². The van der Waals surface area contributed by atoms with Gasteiger partial charge in [0.1, 0.15) is 4.90 Å². The average molecular weight is 271 g/mol. The molecule has 0 spiro atoms. The minimum Gasteiger partial charge on any atom is -0.394 e. The quantitative estimate of drug-likeness (QED) is 0.703. The average Bonchev–Trinajstić information content (AvgIpc) is 2.78.